The van der Waals surface area contributed by atoms with E-state index in [-0.39, 0.29) is 31.6 Å². The number of hydrogen-bond donors (Lipinski definition) is 4. The topological polar surface area (TPSA) is 175 Å². The molecule has 0 unspecified atom stereocenters. The van der Waals surface area contributed by atoms with E-state index in [9.17, 15) is 14.4 Å². The largest absolute Gasteiger partial charge is 0.448 e. The number of unbranched alkanes of at least 4 members (excludes halogenated alkanes) is 1. The Morgan fingerprint density at radius 2 is 1.81 bits per heavy atom. The van der Waals surface area contributed by atoms with Crippen molar-refractivity contribution >= 4 is 17.9 Å². The van der Waals surface area contributed by atoms with Gasteiger partial charge in [0.05, 0.1) is 25.3 Å². The summed E-state index contributed by atoms with van der Waals surface area (Å²) in [6.45, 7) is 6.28. The van der Waals surface area contributed by atoms with Crippen LogP contribution >= 0.6 is 0 Å². The third kappa shape index (κ3) is 10.8. The van der Waals surface area contributed by atoms with E-state index in [1.54, 1.807) is 13.8 Å². The minimum Gasteiger partial charge on any atom is -0.448 e. The van der Waals surface area contributed by atoms with Crippen LogP contribution in [0.5, 0.6) is 0 Å². The first kappa shape index (κ1) is 28.7. The SMILES string of the molecule is CC(=O)NCCCCNC(=O)OCCn1nnnc1[C@@H](COCc1ccccc1)NC(=O)C(C)(C)N. The zero-order valence-corrected chi connectivity index (χ0v) is 21.0. The molecule has 0 spiro atoms. The molecule has 198 valence electrons. The number of carbonyl (C=O) groups is 3. The molecule has 0 saturated heterocycles. The van der Waals surface area contributed by atoms with Gasteiger partial charge in [0, 0.05) is 20.0 Å². The fourth-order valence-corrected chi connectivity index (χ4v) is 2.99. The van der Waals surface area contributed by atoms with Crippen LogP contribution in [0.3, 0.4) is 0 Å². The third-order valence-electron chi connectivity index (χ3n) is 4.94. The van der Waals surface area contributed by atoms with Crippen LogP contribution in [0, 0.1) is 0 Å². The standard InChI is InChI=1S/C23H36N8O5/c1-17(32)25-11-7-8-12-26-22(34)36-14-13-31-20(28-29-30-31)19(27-21(33)23(2,3)24)16-35-15-18-9-5-4-6-10-18/h4-6,9-10,19H,7-8,11-16,24H2,1-3H3,(H,25,32)(H,26,34)(H,27,33)/t19-/m1/s1. The van der Waals surface area contributed by atoms with E-state index in [4.69, 9.17) is 15.2 Å². The van der Waals surface area contributed by atoms with Gasteiger partial charge in [0.15, 0.2) is 5.82 Å². The number of alkyl carbamates (subject to hydrolysis) is 1. The van der Waals surface area contributed by atoms with Crippen molar-refractivity contribution in [1.29, 1.82) is 0 Å². The van der Waals surface area contributed by atoms with Crippen LogP contribution in [0.4, 0.5) is 4.79 Å². The van der Waals surface area contributed by atoms with Crippen LogP contribution in [0.1, 0.15) is 51.0 Å². The number of ether oxygens (including phenoxy) is 2. The Kier molecular flexibility index (Phi) is 11.7. The highest BCUT2D eigenvalue weighted by Gasteiger charge is 2.28. The Bertz CT molecular complexity index is 961. The van der Waals surface area contributed by atoms with Gasteiger partial charge in [0.2, 0.25) is 11.8 Å². The molecule has 1 aromatic carbocycles. The van der Waals surface area contributed by atoms with Crippen molar-refractivity contribution in [2.75, 3.05) is 26.3 Å². The quantitative estimate of drug-likeness (QED) is 0.251. The molecule has 0 aliphatic rings. The summed E-state index contributed by atoms with van der Waals surface area (Å²) in [6.07, 6.45) is 0.881. The van der Waals surface area contributed by atoms with Crippen molar-refractivity contribution in [3.8, 4) is 0 Å². The minimum atomic E-state index is -1.11. The maximum absolute atomic E-state index is 12.5. The van der Waals surface area contributed by atoms with E-state index in [2.05, 4.69) is 31.5 Å². The number of hydrogen-bond acceptors (Lipinski definition) is 9. The Hall–Kier alpha value is -3.58. The van der Waals surface area contributed by atoms with Crippen LogP contribution in [-0.2, 0) is 32.2 Å². The minimum absolute atomic E-state index is 0.0175. The summed E-state index contributed by atoms with van der Waals surface area (Å²) in [5, 5.41) is 19.9. The van der Waals surface area contributed by atoms with Gasteiger partial charge in [0.25, 0.3) is 0 Å². The average Bonchev–Trinajstić information content (AvgIpc) is 3.29. The maximum Gasteiger partial charge on any atom is 0.407 e. The van der Waals surface area contributed by atoms with Crippen LogP contribution < -0.4 is 21.7 Å². The molecule has 5 N–H and O–H groups in total. The summed E-state index contributed by atoms with van der Waals surface area (Å²) in [4.78, 5) is 35.3. The summed E-state index contributed by atoms with van der Waals surface area (Å²) in [5.74, 6) is -0.122. The molecular formula is C23H36N8O5. The Morgan fingerprint density at radius 3 is 2.47 bits per heavy atom. The summed E-state index contributed by atoms with van der Waals surface area (Å²) < 4.78 is 12.5. The van der Waals surface area contributed by atoms with Gasteiger partial charge in [-0.05, 0) is 42.7 Å². The molecule has 0 bridgehead atoms. The Labute approximate surface area is 210 Å². The fourth-order valence-electron chi connectivity index (χ4n) is 2.99. The molecule has 2 rings (SSSR count). The molecule has 0 radical (unpaired) electrons. The first-order valence-electron chi connectivity index (χ1n) is 11.8. The second-order valence-corrected chi connectivity index (χ2v) is 8.76. The average molecular weight is 505 g/mol. The fraction of sp³-hybridized carbons (Fsp3) is 0.565. The molecule has 36 heavy (non-hydrogen) atoms. The molecule has 0 aliphatic carbocycles. The lowest BCUT2D eigenvalue weighted by atomic mass is 10.1. The molecule has 1 atom stereocenters. The normalized spacial score (nSPS) is 12.0. The molecule has 0 aliphatic heterocycles. The third-order valence-corrected chi connectivity index (χ3v) is 4.94. The number of rotatable bonds is 15. The summed E-state index contributed by atoms with van der Waals surface area (Å²) in [5.41, 5.74) is 5.81. The van der Waals surface area contributed by atoms with Crippen molar-refractivity contribution < 1.29 is 23.9 Å². The van der Waals surface area contributed by atoms with Crippen molar-refractivity contribution in [2.24, 2.45) is 5.73 Å². The number of aromatic nitrogens is 4. The highest BCUT2D eigenvalue weighted by molar-refractivity contribution is 5.85. The van der Waals surface area contributed by atoms with Crippen molar-refractivity contribution in [2.45, 2.75) is 58.3 Å². The number of nitrogens with one attached hydrogen (secondary N) is 3. The zero-order chi connectivity index (χ0) is 26.4. The van der Waals surface area contributed by atoms with Crippen LogP contribution in [0.15, 0.2) is 30.3 Å². The van der Waals surface area contributed by atoms with Crippen LogP contribution in [0.2, 0.25) is 0 Å². The first-order valence-corrected chi connectivity index (χ1v) is 11.8. The van der Waals surface area contributed by atoms with Gasteiger partial charge in [0.1, 0.15) is 12.6 Å². The van der Waals surface area contributed by atoms with Crippen molar-refractivity contribution in [1.82, 2.24) is 36.2 Å². The second-order valence-electron chi connectivity index (χ2n) is 8.76. The lowest BCUT2D eigenvalue weighted by molar-refractivity contribution is -0.126. The van der Waals surface area contributed by atoms with Gasteiger partial charge in [-0.1, -0.05) is 30.3 Å². The van der Waals surface area contributed by atoms with E-state index in [1.165, 1.54) is 11.6 Å². The number of tetrazole rings is 1. The molecular weight excluding hydrogens is 468 g/mol. The summed E-state index contributed by atoms with van der Waals surface area (Å²) >= 11 is 0. The highest BCUT2D eigenvalue weighted by Crippen LogP contribution is 2.13. The molecule has 0 saturated carbocycles. The van der Waals surface area contributed by atoms with E-state index >= 15 is 0 Å². The van der Waals surface area contributed by atoms with Crippen molar-refractivity contribution in [3.63, 3.8) is 0 Å². The van der Waals surface area contributed by atoms with E-state index < -0.39 is 17.7 Å². The monoisotopic (exact) mass is 504 g/mol. The first-order chi connectivity index (χ1) is 17.2. The number of nitrogens with zero attached hydrogens (tertiary/aromatic N) is 4. The number of carbonyl (C=O) groups excluding carboxylic acids is 3. The number of benzene rings is 1. The second kappa shape index (κ2) is 14.7. The number of amides is 3. The highest BCUT2D eigenvalue weighted by atomic mass is 16.5. The van der Waals surface area contributed by atoms with Crippen LogP contribution in [-0.4, -0.2) is 70.0 Å². The van der Waals surface area contributed by atoms with Gasteiger partial charge in [-0.25, -0.2) is 9.48 Å². The Balaban J connectivity index is 1.87. The lowest BCUT2D eigenvalue weighted by Gasteiger charge is -2.23. The van der Waals surface area contributed by atoms with E-state index in [0.29, 0.717) is 31.9 Å². The summed E-state index contributed by atoms with van der Waals surface area (Å²) in [7, 11) is 0. The molecule has 1 aromatic heterocycles. The van der Waals surface area contributed by atoms with Gasteiger partial charge in [-0.2, -0.15) is 0 Å². The predicted octanol–water partition coefficient (Wildman–Crippen LogP) is 0.427. The molecule has 13 heteroatoms. The maximum atomic E-state index is 12.5. The van der Waals surface area contributed by atoms with Gasteiger partial charge in [-0.3, -0.25) is 9.59 Å². The number of nitrogens with two attached hydrogens (primary N) is 1. The van der Waals surface area contributed by atoms with Gasteiger partial charge >= 0.3 is 6.09 Å². The smallest absolute Gasteiger partial charge is 0.407 e. The predicted molar refractivity (Wildman–Crippen MR) is 130 cm³/mol. The zero-order valence-electron chi connectivity index (χ0n) is 21.0. The lowest BCUT2D eigenvalue weighted by Crippen LogP contribution is -2.51. The van der Waals surface area contributed by atoms with Crippen molar-refractivity contribution in [3.05, 3.63) is 41.7 Å². The van der Waals surface area contributed by atoms with E-state index in [0.717, 1.165) is 12.0 Å². The van der Waals surface area contributed by atoms with E-state index in [1.807, 2.05) is 30.3 Å². The molecule has 2 aromatic rings. The molecule has 1 heterocycles. The molecule has 3 amide bonds. The summed E-state index contributed by atoms with van der Waals surface area (Å²) in [6, 6.07) is 8.95. The van der Waals surface area contributed by atoms with Gasteiger partial charge in [-0.15, -0.1) is 5.10 Å². The van der Waals surface area contributed by atoms with Crippen LogP contribution in [0.25, 0.3) is 0 Å². The van der Waals surface area contributed by atoms with Gasteiger partial charge < -0.3 is 31.2 Å². The Morgan fingerprint density at radius 1 is 1.11 bits per heavy atom. The molecule has 13 nitrogen and oxygen atoms in total. The molecule has 0 fully saturated rings.